The summed E-state index contributed by atoms with van der Waals surface area (Å²) in [6.07, 6.45) is 1.78. The molecule has 1 unspecified atom stereocenters. The Kier molecular flexibility index (Phi) is 3.51. The maximum Gasteiger partial charge on any atom is 0.225 e. The van der Waals surface area contributed by atoms with E-state index in [1.54, 1.807) is 18.0 Å². The van der Waals surface area contributed by atoms with E-state index in [2.05, 4.69) is 46.3 Å². The number of aromatic amines is 1. The molecule has 5 nitrogen and oxygen atoms in total. The van der Waals surface area contributed by atoms with E-state index >= 15 is 0 Å². The molecule has 0 aromatic carbocycles. The van der Waals surface area contributed by atoms with Crippen molar-refractivity contribution in [1.29, 1.82) is 0 Å². The number of anilines is 1. The lowest BCUT2D eigenvalue weighted by Gasteiger charge is -2.14. The summed E-state index contributed by atoms with van der Waals surface area (Å²) in [6, 6.07) is 0. The van der Waals surface area contributed by atoms with Gasteiger partial charge in [-0.25, -0.2) is 4.98 Å². The average Bonchev–Trinajstić information content (AvgIpc) is 2.76. The first-order valence-corrected chi connectivity index (χ1v) is 6.55. The van der Waals surface area contributed by atoms with Crippen LogP contribution in [-0.4, -0.2) is 32.5 Å². The highest BCUT2D eigenvalue weighted by atomic mass is 32.2. The van der Waals surface area contributed by atoms with Crippen LogP contribution in [0.25, 0.3) is 11.0 Å². The summed E-state index contributed by atoms with van der Waals surface area (Å²) >= 11 is 1.76. The van der Waals surface area contributed by atoms with Gasteiger partial charge >= 0.3 is 0 Å². The molecule has 0 radical (unpaired) electrons. The predicted octanol–water partition coefficient (Wildman–Crippen LogP) is 2.53. The van der Waals surface area contributed by atoms with Gasteiger partial charge in [0.25, 0.3) is 0 Å². The van der Waals surface area contributed by atoms with Gasteiger partial charge in [-0.2, -0.15) is 10.1 Å². The Bertz CT molecular complexity index is 508. The summed E-state index contributed by atoms with van der Waals surface area (Å²) in [5, 5.41) is 12.3. The van der Waals surface area contributed by atoms with Crippen LogP contribution in [0.15, 0.2) is 11.2 Å². The van der Waals surface area contributed by atoms with Gasteiger partial charge in [0.1, 0.15) is 5.03 Å². The molecule has 17 heavy (non-hydrogen) atoms. The number of hydrogen-bond acceptors (Lipinski definition) is 5. The fourth-order valence-electron chi connectivity index (χ4n) is 1.32. The molecule has 2 rings (SSSR count). The summed E-state index contributed by atoms with van der Waals surface area (Å²) in [4.78, 5) is 8.81. The summed E-state index contributed by atoms with van der Waals surface area (Å²) in [5.74, 6) is 1.23. The fourth-order valence-corrected chi connectivity index (χ4v) is 2.36. The normalized spacial score (nSPS) is 13.2. The van der Waals surface area contributed by atoms with E-state index in [9.17, 15) is 0 Å². The molecule has 0 aliphatic heterocycles. The second-order valence-electron chi connectivity index (χ2n) is 4.30. The molecule has 2 aromatic heterocycles. The number of nitrogens with zero attached hydrogens (tertiary/aromatic N) is 3. The molecule has 1 atom stereocenters. The Hall–Kier alpha value is -1.30. The van der Waals surface area contributed by atoms with Crippen LogP contribution in [0.4, 0.5) is 5.95 Å². The SMILES string of the molecule is CNc1nc(SC(C)C(C)C)c2cn[nH]c2n1. The molecular weight excluding hydrogens is 234 g/mol. The molecule has 0 aliphatic carbocycles. The first-order chi connectivity index (χ1) is 8.11. The quantitative estimate of drug-likeness (QED) is 0.645. The standard InChI is InChI=1S/C11H17N5S/c1-6(2)7(3)17-10-8-5-13-16-9(8)14-11(12-4)15-10/h5-7H,1-4H3,(H2,12,13,14,15,16). The largest absolute Gasteiger partial charge is 0.357 e. The maximum atomic E-state index is 4.49. The van der Waals surface area contributed by atoms with Gasteiger partial charge in [-0.15, -0.1) is 11.8 Å². The van der Waals surface area contributed by atoms with Crippen molar-refractivity contribution in [3.63, 3.8) is 0 Å². The van der Waals surface area contributed by atoms with Crippen LogP contribution in [0.5, 0.6) is 0 Å². The highest BCUT2D eigenvalue weighted by Gasteiger charge is 2.15. The third-order valence-electron chi connectivity index (χ3n) is 2.73. The van der Waals surface area contributed by atoms with Crippen LogP contribution < -0.4 is 5.32 Å². The second-order valence-corrected chi connectivity index (χ2v) is 5.67. The second kappa shape index (κ2) is 4.91. The molecule has 0 bridgehead atoms. The number of hydrogen-bond donors (Lipinski definition) is 2. The van der Waals surface area contributed by atoms with Crippen LogP contribution in [0.1, 0.15) is 20.8 Å². The van der Waals surface area contributed by atoms with Gasteiger partial charge in [-0.1, -0.05) is 20.8 Å². The zero-order chi connectivity index (χ0) is 12.4. The van der Waals surface area contributed by atoms with Crippen molar-refractivity contribution in [2.45, 2.75) is 31.0 Å². The number of rotatable bonds is 4. The maximum absolute atomic E-state index is 4.49. The molecule has 2 aromatic rings. The first kappa shape index (κ1) is 12.2. The average molecular weight is 251 g/mol. The van der Waals surface area contributed by atoms with Crippen molar-refractivity contribution >= 4 is 28.7 Å². The topological polar surface area (TPSA) is 66.5 Å². The van der Waals surface area contributed by atoms with Crippen LogP contribution >= 0.6 is 11.8 Å². The van der Waals surface area contributed by atoms with Gasteiger partial charge in [0.15, 0.2) is 5.65 Å². The summed E-state index contributed by atoms with van der Waals surface area (Å²) in [6.45, 7) is 6.64. The molecule has 92 valence electrons. The van der Waals surface area contributed by atoms with Crippen LogP contribution in [0.3, 0.4) is 0 Å². The highest BCUT2D eigenvalue weighted by Crippen LogP contribution is 2.31. The Balaban J connectivity index is 2.40. The molecule has 0 saturated heterocycles. The van der Waals surface area contributed by atoms with Crippen molar-refractivity contribution in [2.75, 3.05) is 12.4 Å². The lowest BCUT2D eigenvalue weighted by molar-refractivity contribution is 0.642. The molecule has 0 fully saturated rings. The molecule has 0 spiro atoms. The summed E-state index contributed by atoms with van der Waals surface area (Å²) < 4.78 is 0. The van der Waals surface area contributed by atoms with Crippen LogP contribution in [0, 0.1) is 5.92 Å². The Morgan fingerprint density at radius 2 is 2.06 bits per heavy atom. The van der Waals surface area contributed by atoms with Gasteiger partial charge in [0, 0.05) is 12.3 Å². The van der Waals surface area contributed by atoms with Crippen molar-refractivity contribution in [3.8, 4) is 0 Å². The minimum Gasteiger partial charge on any atom is -0.357 e. The summed E-state index contributed by atoms with van der Waals surface area (Å²) in [7, 11) is 1.82. The number of H-pyrrole nitrogens is 1. The third-order valence-corrected chi connectivity index (χ3v) is 4.19. The van der Waals surface area contributed by atoms with E-state index in [4.69, 9.17) is 0 Å². The number of fused-ring (bicyclic) bond motifs is 1. The number of aromatic nitrogens is 4. The van der Waals surface area contributed by atoms with E-state index in [-0.39, 0.29) is 0 Å². The van der Waals surface area contributed by atoms with Gasteiger partial charge < -0.3 is 5.32 Å². The minimum absolute atomic E-state index is 0.507. The van der Waals surface area contributed by atoms with E-state index in [0.717, 1.165) is 16.1 Å². The van der Waals surface area contributed by atoms with Crippen molar-refractivity contribution in [1.82, 2.24) is 20.2 Å². The minimum atomic E-state index is 0.507. The lowest BCUT2D eigenvalue weighted by Crippen LogP contribution is -2.07. The van der Waals surface area contributed by atoms with Crippen molar-refractivity contribution in [2.24, 2.45) is 5.92 Å². The van der Waals surface area contributed by atoms with E-state index in [1.807, 2.05) is 7.05 Å². The fraction of sp³-hybridized carbons (Fsp3) is 0.545. The monoisotopic (exact) mass is 251 g/mol. The Labute approximate surface area is 105 Å². The van der Waals surface area contributed by atoms with Crippen molar-refractivity contribution in [3.05, 3.63) is 6.20 Å². The third kappa shape index (κ3) is 2.52. The lowest BCUT2D eigenvalue weighted by atomic mass is 10.2. The first-order valence-electron chi connectivity index (χ1n) is 5.67. The molecule has 0 amide bonds. The van der Waals surface area contributed by atoms with Gasteiger partial charge in [0.2, 0.25) is 5.95 Å². The molecule has 0 aliphatic rings. The van der Waals surface area contributed by atoms with Gasteiger partial charge in [-0.3, -0.25) is 5.10 Å². The highest BCUT2D eigenvalue weighted by molar-refractivity contribution is 8.00. The zero-order valence-electron chi connectivity index (χ0n) is 10.5. The van der Waals surface area contributed by atoms with E-state index in [1.165, 1.54) is 0 Å². The molecule has 2 N–H and O–H groups in total. The van der Waals surface area contributed by atoms with Gasteiger partial charge in [0.05, 0.1) is 11.6 Å². The number of nitrogens with one attached hydrogen (secondary N) is 2. The Morgan fingerprint density at radius 1 is 1.29 bits per heavy atom. The van der Waals surface area contributed by atoms with E-state index < -0.39 is 0 Å². The molecule has 6 heteroatoms. The number of thioether (sulfide) groups is 1. The van der Waals surface area contributed by atoms with Crippen LogP contribution in [0.2, 0.25) is 0 Å². The Morgan fingerprint density at radius 3 is 2.71 bits per heavy atom. The van der Waals surface area contributed by atoms with Gasteiger partial charge in [-0.05, 0) is 5.92 Å². The molecule has 2 heterocycles. The smallest absolute Gasteiger partial charge is 0.225 e. The summed E-state index contributed by atoms with van der Waals surface area (Å²) in [5.41, 5.74) is 0.780. The molecular formula is C11H17N5S. The predicted molar refractivity (Wildman–Crippen MR) is 71.4 cm³/mol. The molecule has 0 saturated carbocycles. The van der Waals surface area contributed by atoms with Crippen LogP contribution in [-0.2, 0) is 0 Å². The van der Waals surface area contributed by atoms with E-state index in [0.29, 0.717) is 17.1 Å². The zero-order valence-corrected chi connectivity index (χ0v) is 11.3. The van der Waals surface area contributed by atoms with Crippen molar-refractivity contribution < 1.29 is 0 Å².